The van der Waals surface area contributed by atoms with Gasteiger partial charge in [0.05, 0.1) is 17.1 Å². The number of aliphatic hydroxyl groups excluding tert-OH is 1. The van der Waals surface area contributed by atoms with E-state index in [1.165, 1.54) is 0 Å². The van der Waals surface area contributed by atoms with Crippen molar-refractivity contribution in [2.45, 2.75) is 26.2 Å². The Morgan fingerprint density at radius 2 is 2.19 bits per heavy atom. The fourth-order valence-corrected chi connectivity index (χ4v) is 3.07. The van der Waals surface area contributed by atoms with Gasteiger partial charge < -0.3 is 15.3 Å². The van der Waals surface area contributed by atoms with Gasteiger partial charge >= 0.3 is 0 Å². The monoisotopic (exact) mass is 311 g/mol. The standard InChI is InChI=1S/C14H21N3O3S/c1-10-16-12(9-21-10)6-13(19)15-7-11-2-4-17(5-3-11)14(20)8-18/h9,11,18H,2-8H2,1H3,(H,15,19). The summed E-state index contributed by atoms with van der Waals surface area (Å²) in [7, 11) is 0. The Balaban J connectivity index is 1.67. The molecule has 0 atom stereocenters. The van der Waals surface area contributed by atoms with Crippen molar-refractivity contribution in [2.75, 3.05) is 26.2 Å². The van der Waals surface area contributed by atoms with Gasteiger partial charge in [-0.15, -0.1) is 11.3 Å². The number of piperidine rings is 1. The summed E-state index contributed by atoms with van der Waals surface area (Å²) in [6.45, 7) is 3.46. The van der Waals surface area contributed by atoms with Gasteiger partial charge in [0.25, 0.3) is 0 Å². The number of carbonyl (C=O) groups excluding carboxylic acids is 2. The first kappa shape index (κ1) is 15.9. The van der Waals surface area contributed by atoms with Crippen LogP contribution in [0.25, 0.3) is 0 Å². The second-order valence-electron chi connectivity index (χ2n) is 5.32. The Morgan fingerprint density at radius 3 is 2.76 bits per heavy atom. The number of nitrogens with zero attached hydrogens (tertiary/aromatic N) is 2. The van der Waals surface area contributed by atoms with Crippen LogP contribution in [0.15, 0.2) is 5.38 Å². The number of amides is 2. The number of aryl methyl sites for hydroxylation is 1. The molecule has 2 rings (SSSR count). The number of carbonyl (C=O) groups is 2. The molecule has 0 aliphatic carbocycles. The molecule has 1 aromatic heterocycles. The summed E-state index contributed by atoms with van der Waals surface area (Å²) in [5, 5.41) is 14.6. The molecule has 0 bridgehead atoms. The molecule has 1 saturated heterocycles. The highest BCUT2D eigenvalue weighted by Gasteiger charge is 2.22. The quantitative estimate of drug-likeness (QED) is 0.821. The van der Waals surface area contributed by atoms with Crippen LogP contribution in [0.4, 0.5) is 0 Å². The number of likely N-dealkylation sites (tertiary alicyclic amines) is 1. The maximum absolute atomic E-state index is 11.8. The van der Waals surface area contributed by atoms with E-state index < -0.39 is 6.61 Å². The summed E-state index contributed by atoms with van der Waals surface area (Å²) in [5.41, 5.74) is 0.818. The molecule has 116 valence electrons. The summed E-state index contributed by atoms with van der Waals surface area (Å²) in [5.74, 6) is 0.180. The lowest BCUT2D eigenvalue weighted by Crippen LogP contribution is -2.42. The zero-order chi connectivity index (χ0) is 15.2. The second-order valence-corrected chi connectivity index (χ2v) is 6.38. The molecule has 0 aromatic carbocycles. The van der Waals surface area contributed by atoms with Gasteiger partial charge in [-0.3, -0.25) is 9.59 Å². The predicted molar refractivity (Wildman–Crippen MR) is 80.0 cm³/mol. The van der Waals surface area contributed by atoms with Crippen LogP contribution in [0.3, 0.4) is 0 Å². The Morgan fingerprint density at radius 1 is 1.48 bits per heavy atom. The highest BCUT2D eigenvalue weighted by molar-refractivity contribution is 7.09. The average molecular weight is 311 g/mol. The summed E-state index contributed by atoms with van der Waals surface area (Å²) in [6.07, 6.45) is 2.05. The fourth-order valence-electron chi connectivity index (χ4n) is 2.46. The third kappa shape index (κ3) is 4.78. The van der Waals surface area contributed by atoms with Crippen molar-refractivity contribution in [2.24, 2.45) is 5.92 Å². The third-order valence-corrected chi connectivity index (χ3v) is 4.52. The van der Waals surface area contributed by atoms with Gasteiger partial charge in [-0.1, -0.05) is 0 Å². The number of nitrogens with one attached hydrogen (secondary N) is 1. The zero-order valence-corrected chi connectivity index (χ0v) is 13.0. The number of rotatable bonds is 5. The lowest BCUT2D eigenvalue weighted by Gasteiger charge is -2.31. The van der Waals surface area contributed by atoms with E-state index in [0.29, 0.717) is 32.0 Å². The molecular formula is C14H21N3O3S. The van der Waals surface area contributed by atoms with Crippen molar-refractivity contribution < 1.29 is 14.7 Å². The van der Waals surface area contributed by atoms with Crippen LogP contribution in [-0.2, 0) is 16.0 Å². The lowest BCUT2D eigenvalue weighted by atomic mass is 9.96. The van der Waals surface area contributed by atoms with Crippen LogP contribution in [0.2, 0.25) is 0 Å². The van der Waals surface area contributed by atoms with Gasteiger partial charge in [0.15, 0.2) is 0 Å². The molecule has 1 fully saturated rings. The van der Waals surface area contributed by atoms with Crippen molar-refractivity contribution >= 4 is 23.2 Å². The fraction of sp³-hybridized carbons (Fsp3) is 0.643. The predicted octanol–water partition coefficient (Wildman–Crippen LogP) is 0.341. The molecule has 0 unspecified atom stereocenters. The minimum atomic E-state index is -0.422. The van der Waals surface area contributed by atoms with E-state index in [-0.39, 0.29) is 11.8 Å². The van der Waals surface area contributed by atoms with E-state index in [1.807, 2.05) is 12.3 Å². The normalized spacial score (nSPS) is 16.0. The minimum Gasteiger partial charge on any atom is -0.387 e. The van der Waals surface area contributed by atoms with E-state index in [0.717, 1.165) is 23.5 Å². The largest absolute Gasteiger partial charge is 0.387 e. The Labute approximate surface area is 128 Å². The van der Waals surface area contributed by atoms with Crippen LogP contribution in [0.1, 0.15) is 23.5 Å². The second kappa shape index (κ2) is 7.51. The highest BCUT2D eigenvalue weighted by Crippen LogP contribution is 2.16. The van der Waals surface area contributed by atoms with Crippen molar-refractivity contribution in [1.82, 2.24) is 15.2 Å². The molecular weight excluding hydrogens is 290 g/mol. The maximum atomic E-state index is 11.8. The van der Waals surface area contributed by atoms with E-state index >= 15 is 0 Å². The van der Waals surface area contributed by atoms with Crippen molar-refractivity contribution in [1.29, 1.82) is 0 Å². The number of thiazole rings is 1. The Kier molecular flexibility index (Phi) is 5.69. The molecule has 2 N–H and O–H groups in total. The Bertz CT molecular complexity index is 495. The maximum Gasteiger partial charge on any atom is 0.248 e. The zero-order valence-electron chi connectivity index (χ0n) is 12.2. The molecule has 6 nitrogen and oxygen atoms in total. The molecule has 2 amide bonds. The first-order valence-corrected chi connectivity index (χ1v) is 8.02. The van der Waals surface area contributed by atoms with Crippen LogP contribution in [0.5, 0.6) is 0 Å². The summed E-state index contributed by atoms with van der Waals surface area (Å²) < 4.78 is 0. The van der Waals surface area contributed by atoms with Crippen LogP contribution in [-0.4, -0.2) is 53.0 Å². The van der Waals surface area contributed by atoms with Crippen molar-refractivity contribution in [3.8, 4) is 0 Å². The average Bonchev–Trinajstić information content (AvgIpc) is 2.90. The molecule has 1 aromatic rings. The van der Waals surface area contributed by atoms with Gasteiger partial charge in [0.2, 0.25) is 11.8 Å². The van der Waals surface area contributed by atoms with E-state index in [2.05, 4.69) is 10.3 Å². The van der Waals surface area contributed by atoms with E-state index in [1.54, 1.807) is 16.2 Å². The molecule has 2 heterocycles. The van der Waals surface area contributed by atoms with Gasteiger partial charge in [0.1, 0.15) is 6.61 Å². The van der Waals surface area contributed by atoms with Crippen LogP contribution < -0.4 is 5.32 Å². The first-order valence-electron chi connectivity index (χ1n) is 7.15. The minimum absolute atomic E-state index is 0.00540. The van der Waals surface area contributed by atoms with Crippen molar-refractivity contribution in [3.63, 3.8) is 0 Å². The summed E-state index contributed by atoms with van der Waals surface area (Å²) >= 11 is 1.55. The topological polar surface area (TPSA) is 82.5 Å². The number of aromatic nitrogens is 1. The smallest absolute Gasteiger partial charge is 0.248 e. The number of hydrogen-bond donors (Lipinski definition) is 2. The highest BCUT2D eigenvalue weighted by atomic mass is 32.1. The first-order chi connectivity index (χ1) is 10.1. The molecule has 7 heteroatoms. The molecule has 0 radical (unpaired) electrons. The molecule has 0 saturated carbocycles. The molecule has 21 heavy (non-hydrogen) atoms. The van der Waals surface area contributed by atoms with Gasteiger partial charge in [0, 0.05) is 25.0 Å². The van der Waals surface area contributed by atoms with Crippen molar-refractivity contribution in [3.05, 3.63) is 16.1 Å². The van der Waals surface area contributed by atoms with Crippen LogP contribution in [0, 0.1) is 12.8 Å². The molecule has 1 aliphatic rings. The molecule has 0 spiro atoms. The third-order valence-electron chi connectivity index (χ3n) is 3.70. The molecule has 1 aliphatic heterocycles. The van der Waals surface area contributed by atoms with E-state index in [9.17, 15) is 9.59 Å². The van der Waals surface area contributed by atoms with E-state index in [4.69, 9.17) is 5.11 Å². The van der Waals surface area contributed by atoms with Gasteiger partial charge in [-0.25, -0.2) is 4.98 Å². The lowest BCUT2D eigenvalue weighted by molar-refractivity contribution is -0.135. The van der Waals surface area contributed by atoms with Gasteiger partial charge in [-0.2, -0.15) is 0 Å². The summed E-state index contributed by atoms with van der Waals surface area (Å²) in [4.78, 5) is 29.1. The summed E-state index contributed by atoms with van der Waals surface area (Å²) in [6, 6.07) is 0. The number of aliphatic hydroxyl groups is 1. The van der Waals surface area contributed by atoms with Gasteiger partial charge in [-0.05, 0) is 25.7 Å². The SMILES string of the molecule is Cc1nc(CC(=O)NCC2CCN(C(=O)CO)CC2)cs1. The Hall–Kier alpha value is -1.47. The number of hydrogen-bond acceptors (Lipinski definition) is 5. The van der Waals surface area contributed by atoms with Crippen LogP contribution >= 0.6 is 11.3 Å².